The van der Waals surface area contributed by atoms with Crippen LogP contribution in [0.15, 0.2) is 36.4 Å². The molecule has 0 fully saturated rings. The summed E-state index contributed by atoms with van der Waals surface area (Å²) in [4.78, 5) is 0. The minimum Gasteiger partial charge on any atom is -0.384 e. The molecule has 1 nitrogen and oxygen atoms in total. The van der Waals surface area contributed by atoms with Crippen LogP contribution in [0.3, 0.4) is 0 Å². The van der Waals surface area contributed by atoms with Crippen LogP contribution in [0, 0.1) is 12.7 Å². The normalized spacial score (nSPS) is 13.3. The lowest BCUT2D eigenvalue weighted by atomic mass is 10.0. The first-order valence-electron chi connectivity index (χ1n) is 5.87. The summed E-state index contributed by atoms with van der Waals surface area (Å²) in [5.41, 5.74) is 5.52. The van der Waals surface area contributed by atoms with Gasteiger partial charge in [0.15, 0.2) is 0 Å². The van der Waals surface area contributed by atoms with Crippen molar-refractivity contribution >= 4 is 5.69 Å². The molecule has 0 saturated heterocycles. The molecular formula is C15H14FN. The summed E-state index contributed by atoms with van der Waals surface area (Å²) in [5.74, 6) is -0.142. The van der Waals surface area contributed by atoms with Crippen molar-refractivity contribution in [3.05, 3.63) is 53.3 Å². The summed E-state index contributed by atoms with van der Waals surface area (Å²) in [7, 11) is 0. The summed E-state index contributed by atoms with van der Waals surface area (Å²) in [6.07, 6.45) is 1.07. The third kappa shape index (κ3) is 1.80. The molecule has 1 aliphatic heterocycles. The van der Waals surface area contributed by atoms with Gasteiger partial charge in [0.2, 0.25) is 0 Å². The molecule has 0 bridgehead atoms. The van der Waals surface area contributed by atoms with Crippen molar-refractivity contribution in [3.8, 4) is 11.1 Å². The number of benzene rings is 2. The van der Waals surface area contributed by atoms with Gasteiger partial charge in [-0.1, -0.05) is 12.1 Å². The van der Waals surface area contributed by atoms with E-state index in [0.717, 1.165) is 24.1 Å². The highest BCUT2D eigenvalue weighted by molar-refractivity contribution is 5.70. The maximum atomic E-state index is 13.2. The molecule has 0 aliphatic carbocycles. The van der Waals surface area contributed by atoms with Crippen LogP contribution in [0.1, 0.15) is 11.1 Å². The molecule has 0 unspecified atom stereocenters. The second-order valence-electron chi connectivity index (χ2n) is 4.51. The summed E-state index contributed by atoms with van der Waals surface area (Å²) in [6, 6.07) is 11.7. The van der Waals surface area contributed by atoms with Crippen molar-refractivity contribution in [1.29, 1.82) is 0 Å². The minimum absolute atomic E-state index is 0.142. The van der Waals surface area contributed by atoms with E-state index in [4.69, 9.17) is 0 Å². The summed E-state index contributed by atoms with van der Waals surface area (Å²) < 4.78 is 13.2. The van der Waals surface area contributed by atoms with E-state index in [0.29, 0.717) is 5.56 Å². The maximum Gasteiger partial charge on any atom is 0.126 e. The van der Waals surface area contributed by atoms with E-state index in [1.165, 1.54) is 17.3 Å². The van der Waals surface area contributed by atoms with Gasteiger partial charge in [-0.15, -0.1) is 0 Å². The predicted octanol–water partition coefficient (Wildman–Crippen LogP) is 3.77. The van der Waals surface area contributed by atoms with Gasteiger partial charge < -0.3 is 5.32 Å². The Morgan fingerprint density at radius 1 is 1.06 bits per heavy atom. The van der Waals surface area contributed by atoms with Crippen molar-refractivity contribution in [3.63, 3.8) is 0 Å². The van der Waals surface area contributed by atoms with Crippen LogP contribution < -0.4 is 5.32 Å². The molecule has 3 rings (SSSR count). The highest BCUT2D eigenvalue weighted by atomic mass is 19.1. The van der Waals surface area contributed by atoms with E-state index in [-0.39, 0.29) is 5.82 Å². The third-order valence-electron chi connectivity index (χ3n) is 3.31. The monoisotopic (exact) mass is 227 g/mol. The van der Waals surface area contributed by atoms with Gasteiger partial charge in [0, 0.05) is 12.2 Å². The van der Waals surface area contributed by atoms with Crippen LogP contribution in [-0.4, -0.2) is 6.54 Å². The number of fused-ring (bicyclic) bond motifs is 1. The second kappa shape index (κ2) is 3.88. The van der Waals surface area contributed by atoms with Crippen molar-refractivity contribution in [2.24, 2.45) is 0 Å². The predicted molar refractivity (Wildman–Crippen MR) is 68.8 cm³/mol. The Bertz CT molecular complexity index is 575. The highest BCUT2D eigenvalue weighted by Crippen LogP contribution is 2.29. The first kappa shape index (κ1) is 10.3. The molecule has 0 aromatic heterocycles. The number of halogens is 1. The lowest BCUT2D eigenvalue weighted by Gasteiger charge is -2.06. The number of anilines is 1. The van der Waals surface area contributed by atoms with E-state index < -0.39 is 0 Å². The molecule has 0 saturated carbocycles. The van der Waals surface area contributed by atoms with Crippen molar-refractivity contribution in [1.82, 2.24) is 0 Å². The molecule has 1 aliphatic rings. The van der Waals surface area contributed by atoms with E-state index in [1.807, 2.05) is 12.1 Å². The molecule has 2 aromatic carbocycles. The number of nitrogens with one attached hydrogen (secondary N) is 1. The van der Waals surface area contributed by atoms with Gasteiger partial charge in [-0.2, -0.15) is 0 Å². The Morgan fingerprint density at radius 2 is 1.82 bits per heavy atom. The number of rotatable bonds is 1. The molecule has 2 heteroatoms. The smallest absolute Gasteiger partial charge is 0.126 e. The number of hydrogen-bond acceptors (Lipinski definition) is 1. The Labute approximate surface area is 100 Å². The summed E-state index contributed by atoms with van der Waals surface area (Å²) in [5, 5.41) is 3.34. The zero-order valence-electron chi connectivity index (χ0n) is 9.76. The maximum absolute atomic E-state index is 13.2. The molecule has 86 valence electrons. The van der Waals surface area contributed by atoms with Gasteiger partial charge in [0.25, 0.3) is 0 Å². The van der Waals surface area contributed by atoms with Gasteiger partial charge in [-0.3, -0.25) is 0 Å². The molecule has 1 N–H and O–H groups in total. The van der Waals surface area contributed by atoms with E-state index in [9.17, 15) is 4.39 Å². The third-order valence-corrected chi connectivity index (χ3v) is 3.31. The first-order chi connectivity index (χ1) is 8.24. The lowest BCUT2D eigenvalue weighted by Crippen LogP contribution is -1.90. The zero-order chi connectivity index (χ0) is 11.8. The summed E-state index contributed by atoms with van der Waals surface area (Å²) in [6.45, 7) is 2.81. The van der Waals surface area contributed by atoms with Crippen LogP contribution in [0.25, 0.3) is 11.1 Å². The van der Waals surface area contributed by atoms with Crippen molar-refractivity contribution < 1.29 is 4.39 Å². The van der Waals surface area contributed by atoms with Crippen molar-refractivity contribution in [2.45, 2.75) is 13.3 Å². The Kier molecular flexibility index (Phi) is 2.36. The van der Waals surface area contributed by atoms with Crippen LogP contribution >= 0.6 is 0 Å². The Morgan fingerprint density at radius 3 is 2.65 bits per heavy atom. The van der Waals surface area contributed by atoms with Crippen LogP contribution in [0.2, 0.25) is 0 Å². The van der Waals surface area contributed by atoms with Crippen LogP contribution in [0.5, 0.6) is 0 Å². The van der Waals surface area contributed by atoms with Gasteiger partial charge in [-0.25, -0.2) is 4.39 Å². The highest BCUT2D eigenvalue weighted by Gasteiger charge is 2.11. The molecule has 0 amide bonds. The number of aryl methyl sites for hydroxylation is 1. The quantitative estimate of drug-likeness (QED) is 0.782. The van der Waals surface area contributed by atoms with Gasteiger partial charge in [0.05, 0.1) is 0 Å². The van der Waals surface area contributed by atoms with E-state index in [1.54, 1.807) is 6.92 Å². The molecule has 1 heterocycles. The molecular weight excluding hydrogens is 213 g/mol. The molecule has 0 atom stereocenters. The van der Waals surface area contributed by atoms with Crippen LogP contribution in [-0.2, 0) is 6.42 Å². The second-order valence-corrected chi connectivity index (χ2v) is 4.51. The molecule has 0 radical (unpaired) electrons. The van der Waals surface area contributed by atoms with Gasteiger partial charge in [0.1, 0.15) is 5.82 Å². The summed E-state index contributed by atoms with van der Waals surface area (Å²) >= 11 is 0. The van der Waals surface area contributed by atoms with Crippen LogP contribution in [0.4, 0.5) is 10.1 Å². The van der Waals surface area contributed by atoms with Gasteiger partial charge >= 0.3 is 0 Å². The minimum atomic E-state index is -0.142. The lowest BCUT2D eigenvalue weighted by molar-refractivity contribution is 0.619. The fourth-order valence-electron chi connectivity index (χ4n) is 2.31. The van der Waals surface area contributed by atoms with E-state index in [2.05, 4.69) is 23.5 Å². The average Bonchev–Trinajstić information content (AvgIpc) is 2.79. The SMILES string of the molecule is Cc1cc(-c2ccc3c(c2)CCN3)ccc1F. The fourth-order valence-corrected chi connectivity index (χ4v) is 2.31. The fraction of sp³-hybridized carbons (Fsp3) is 0.200. The molecule has 17 heavy (non-hydrogen) atoms. The van der Waals surface area contributed by atoms with Crippen molar-refractivity contribution in [2.75, 3.05) is 11.9 Å². The van der Waals surface area contributed by atoms with E-state index >= 15 is 0 Å². The Hall–Kier alpha value is -1.83. The van der Waals surface area contributed by atoms with Gasteiger partial charge in [-0.05, 0) is 59.9 Å². The standard InChI is InChI=1S/C15H14FN/c1-10-8-11(2-4-14(10)16)12-3-5-15-13(9-12)6-7-17-15/h2-5,8-9,17H,6-7H2,1H3. The molecule has 2 aromatic rings. The number of hydrogen-bond donors (Lipinski definition) is 1. The topological polar surface area (TPSA) is 12.0 Å². The molecule has 0 spiro atoms. The largest absolute Gasteiger partial charge is 0.384 e. The Balaban J connectivity index is 2.06. The first-order valence-corrected chi connectivity index (χ1v) is 5.87. The zero-order valence-corrected chi connectivity index (χ0v) is 9.76. The average molecular weight is 227 g/mol.